The molecule has 3 rings (SSSR count). The number of carbonyl (C=O) groups excluding carboxylic acids is 1. The van der Waals surface area contributed by atoms with Crippen molar-refractivity contribution in [1.29, 1.82) is 0 Å². The summed E-state index contributed by atoms with van der Waals surface area (Å²) in [4.78, 5) is 12.0. The SMILES string of the molecule is CC(C)CC(=O)NC1(c2ccc(-c3nn[nH]n3)cc2)CC1. The molecular weight excluding hydrogens is 266 g/mol. The minimum absolute atomic E-state index is 0.129. The number of carbonyl (C=O) groups is 1. The molecule has 0 saturated heterocycles. The quantitative estimate of drug-likeness (QED) is 0.880. The molecule has 6 nitrogen and oxygen atoms in total. The van der Waals surface area contributed by atoms with Crippen LogP contribution in [-0.4, -0.2) is 26.5 Å². The number of aromatic amines is 1. The zero-order chi connectivity index (χ0) is 14.9. The van der Waals surface area contributed by atoms with Crippen LogP contribution in [0.2, 0.25) is 0 Å². The Balaban J connectivity index is 1.73. The molecule has 1 aliphatic rings. The largest absolute Gasteiger partial charge is 0.347 e. The predicted molar refractivity (Wildman–Crippen MR) is 78.1 cm³/mol. The van der Waals surface area contributed by atoms with Crippen LogP contribution in [0, 0.1) is 5.92 Å². The number of amides is 1. The fourth-order valence-electron chi connectivity index (χ4n) is 2.52. The van der Waals surface area contributed by atoms with Crippen molar-refractivity contribution in [2.24, 2.45) is 5.92 Å². The summed E-state index contributed by atoms with van der Waals surface area (Å²) in [7, 11) is 0. The molecule has 21 heavy (non-hydrogen) atoms. The van der Waals surface area contributed by atoms with Crippen LogP contribution < -0.4 is 5.32 Å². The van der Waals surface area contributed by atoms with E-state index in [0.29, 0.717) is 18.2 Å². The fraction of sp³-hybridized carbons (Fsp3) is 0.467. The summed E-state index contributed by atoms with van der Waals surface area (Å²) in [6, 6.07) is 8.01. The summed E-state index contributed by atoms with van der Waals surface area (Å²) in [5.41, 5.74) is 1.89. The van der Waals surface area contributed by atoms with Crippen molar-refractivity contribution in [1.82, 2.24) is 25.9 Å². The first kappa shape index (κ1) is 13.7. The molecule has 2 aromatic rings. The minimum Gasteiger partial charge on any atom is -0.347 e. The lowest BCUT2D eigenvalue weighted by Crippen LogP contribution is -2.35. The highest BCUT2D eigenvalue weighted by Gasteiger charge is 2.45. The van der Waals surface area contributed by atoms with E-state index in [-0.39, 0.29) is 11.4 Å². The number of hydrogen-bond acceptors (Lipinski definition) is 4. The van der Waals surface area contributed by atoms with E-state index in [0.717, 1.165) is 24.0 Å². The zero-order valence-corrected chi connectivity index (χ0v) is 12.3. The molecule has 1 heterocycles. The molecule has 0 bridgehead atoms. The Bertz CT molecular complexity index is 614. The average molecular weight is 285 g/mol. The van der Waals surface area contributed by atoms with Gasteiger partial charge in [-0.2, -0.15) is 5.21 Å². The van der Waals surface area contributed by atoms with Crippen LogP contribution in [0.4, 0.5) is 0 Å². The Morgan fingerprint density at radius 3 is 2.57 bits per heavy atom. The van der Waals surface area contributed by atoms with E-state index in [1.54, 1.807) is 0 Å². The number of H-pyrrole nitrogens is 1. The maximum atomic E-state index is 12.0. The van der Waals surface area contributed by atoms with Crippen LogP contribution in [-0.2, 0) is 10.3 Å². The van der Waals surface area contributed by atoms with Crippen LogP contribution in [0.15, 0.2) is 24.3 Å². The highest BCUT2D eigenvalue weighted by Crippen LogP contribution is 2.45. The summed E-state index contributed by atoms with van der Waals surface area (Å²) in [5, 5.41) is 17.1. The van der Waals surface area contributed by atoms with Crippen LogP contribution >= 0.6 is 0 Å². The Labute approximate surface area is 123 Å². The lowest BCUT2D eigenvalue weighted by molar-refractivity contribution is -0.122. The average Bonchev–Trinajstić information content (AvgIpc) is 3.02. The molecule has 0 spiro atoms. The molecule has 1 aromatic carbocycles. The maximum absolute atomic E-state index is 12.0. The lowest BCUT2D eigenvalue weighted by Gasteiger charge is -2.19. The molecule has 1 saturated carbocycles. The van der Waals surface area contributed by atoms with Gasteiger partial charge in [0.25, 0.3) is 0 Å². The van der Waals surface area contributed by atoms with Gasteiger partial charge in [0.15, 0.2) is 0 Å². The monoisotopic (exact) mass is 285 g/mol. The number of aromatic nitrogens is 4. The van der Waals surface area contributed by atoms with E-state index in [2.05, 4.69) is 39.8 Å². The molecule has 110 valence electrons. The molecule has 1 aliphatic carbocycles. The van der Waals surface area contributed by atoms with Crippen LogP contribution in [0.1, 0.15) is 38.7 Å². The van der Waals surface area contributed by atoms with E-state index in [4.69, 9.17) is 0 Å². The van der Waals surface area contributed by atoms with E-state index in [9.17, 15) is 4.79 Å². The van der Waals surface area contributed by atoms with Gasteiger partial charge in [-0.05, 0) is 29.5 Å². The van der Waals surface area contributed by atoms with Gasteiger partial charge in [-0.1, -0.05) is 38.1 Å². The summed E-state index contributed by atoms with van der Waals surface area (Å²) in [5.74, 6) is 1.08. The predicted octanol–water partition coefficient (Wildman–Crippen LogP) is 2.02. The van der Waals surface area contributed by atoms with Crippen molar-refractivity contribution in [3.8, 4) is 11.4 Å². The van der Waals surface area contributed by atoms with Crippen molar-refractivity contribution in [3.05, 3.63) is 29.8 Å². The van der Waals surface area contributed by atoms with Crippen molar-refractivity contribution < 1.29 is 4.79 Å². The molecule has 0 aliphatic heterocycles. The molecule has 1 aromatic heterocycles. The van der Waals surface area contributed by atoms with Crippen LogP contribution in [0.3, 0.4) is 0 Å². The van der Waals surface area contributed by atoms with Crippen molar-refractivity contribution >= 4 is 5.91 Å². The van der Waals surface area contributed by atoms with E-state index in [1.807, 2.05) is 24.3 Å². The highest BCUT2D eigenvalue weighted by atomic mass is 16.1. The molecule has 0 unspecified atom stereocenters. The second-order valence-electron chi connectivity index (χ2n) is 6.04. The number of nitrogens with zero attached hydrogens (tertiary/aromatic N) is 3. The summed E-state index contributed by atoms with van der Waals surface area (Å²) in [6.07, 6.45) is 2.57. The van der Waals surface area contributed by atoms with Crippen molar-refractivity contribution in [3.63, 3.8) is 0 Å². The van der Waals surface area contributed by atoms with Gasteiger partial charge < -0.3 is 5.32 Å². The van der Waals surface area contributed by atoms with Gasteiger partial charge in [0.2, 0.25) is 11.7 Å². The first-order valence-corrected chi connectivity index (χ1v) is 7.24. The standard InChI is InChI=1S/C15H19N5O/c1-10(2)9-13(21)16-15(7-8-15)12-5-3-11(4-6-12)14-17-19-20-18-14/h3-6,10H,7-9H2,1-2H3,(H,16,21)(H,17,18,19,20). The molecule has 2 N–H and O–H groups in total. The van der Waals surface area contributed by atoms with Gasteiger partial charge >= 0.3 is 0 Å². The number of hydrogen-bond donors (Lipinski definition) is 2. The summed E-state index contributed by atoms with van der Waals surface area (Å²) < 4.78 is 0. The number of nitrogens with one attached hydrogen (secondary N) is 2. The Morgan fingerprint density at radius 2 is 2.05 bits per heavy atom. The van der Waals surface area contributed by atoms with Gasteiger partial charge in [-0.15, -0.1) is 10.2 Å². The normalized spacial score (nSPS) is 16.0. The van der Waals surface area contributed by atoms with Crippen molar-refractivity contribution in [2.75, 3.05) is 0 Å². The van der Waals surface area contributed by atoms with Gasteiger partial charge in [0, 0.05) is 12.0 Å². The van der Waals surface area contributed by atoms with E-state index in [1.165, 1.54) is 0 Å². The first-order valence-electron chi connectivity index (χ1n) is 7.24. The topological polar surface area (TPSA) is 83.6 Å². The second kappa shape index (κ2) is 5.27. The number of rotatable bonds is 5. The molecular formula is C15H19N5O. The smallest absolute Gasteiger partial charge is 0.220 e. The van der Waals surface area contributed by atoms with E-state index < -0.39 is 0 Å². The fourth-order valence-corrected chi connectivity index (χ4v) is 2.52. The minimum atomic E-state index is -0.165. The molecule has 1 fully saturated rings. The molecule has 1 amide bonds. The Morgan fingerprint density at radius 1 is 1.33 bits per heavy atom. The van der Waals surface area contributed by atoms with Crippen LogP contribution in [0.25, 0.3) is 11.4 Å². The first-order chi connectivity index (χ1) is 10.1. The van der Waals surface area contributed by atoms with Gasteiger partial charge in [-0.3, -0.25) is 4.79 Å². The Kier molecular flexibility index (Phi) is 3.45. The summed E-state index contributed by atoms with van der Waals surface area (Å²) >= 11 is 0. The molecule has 6 heteroatoms. The third kappa shape index (κ3) is 2.94. The van der Waals surface area contributed by atoms with Gasteiger partial charge in [0.1, 0.15) is 0 Å². The number of tetrazole rings is 1. The second-order valence-corrected chi connectivity index (χ2v) is 6.04. The van der Waals surface area contributed by atoms with Crippen LogP contribution in [0.5, 0.6) is 0 Å². The molecule has 0 atom stereocenters. The van der Waals surface area contributed by atoms with Gasteiger partial charge in [0.05, 0.1) is 5.54 Å². The van der Waals surface area contributed by atoms with Crippen molar-refractivity contribution in [2.45, 2.75) is 38.6 Å². The van der Waals surface area contributed by atoms with E-state index >= 15 is 0 Å². The third-order valence-corrected chi connectivity index (χ3v) is 3.76. The highest BCUT2D eigenvalue weighted by molar-refractivity contribution is 5.77. The third-order valence-electron chi connectivity index (χ3n) is 3.76. The maximum Gasteiger partial charge on any atom is 0.220 e. The Hall–Kier alpha value is -2.24. The summed E-state index contributed by atoms with van der Waals surface area (Å²) in [6.45, 7) is 4.11. The molecule has 0 radical (unpaired) electrons. The lowest BCUT2D eigenvalue weighted by atomic mass is 10.0. The van der Waals surface area contributed by atoms with Gasteiger partial charge in [-0.25, -0.2) is 0 Å². The zero-order valence-electron chi connectivity index (χ0n) is 12.3. The number of benzene rings is 1.